The Bertz CT molecular complexity index is 375. The van der Waals surface area contributed by atoms with Crippen molar-refractivity contribution < 1.29 is 14.2 Å². The summed E-state index contributed by atoms with van der Waals surface area (Å²) in [6.07, 6.45) is 1.54. The highest BCUT2D eigenvalue weighted by molar-refractivity contribution is 5.44. The Morgan fingerprint density at radius 2 is 1.87 bits per heavy atom. The molecule has 1 aromatic rings. The summed E-state index contributed by atoms with van der Waals surface area (Å²) in [5.74, 6) is 1.71. The first-order valence-corrected chi connectivity index (χ1v) is 5.39. The monoisotopic (exact) mass is 206 g/mol. The van der Waals surface area contributed by atoms with Gasteiger partial charge in [0.2, 0.25) is 0 Å². The Labute approximate surface area is 89.0 Å². The molecule has 2 heterocycles. The summed E-state index contributed by atoms with van der Waals surface area (Å²) in [7, 11) is 0. The second-order valence-corrected chi connectivity index (χ2v) is 4.02. The van der Waals surface area contributed by atoms with Crippen LogP contribution in [0.1, 0.15) is 25.0 Å². The maximum Gasteiger partial charge on any atom is 0.161 e. The maximum atomic E-state index is 5.62. The van der Waals surface area contributed by atoms with Crippen LogP contribution in [0.15, 0.2) is 18.2 Å². The molecule has 2 aliphatic rings. The molecule has 1 fully saturated rings. The molecule has 80 valence electrons. The average molecular weight is 206 g/mol. The van der Waals surface area contributed by atoms with Gasteiger partial charge in [-0.05, 0) is 24.6 Å². The van der Waals surface area contributed by atoms with Crippen molar-refractivity contribution in [3.8, 4) is 11.5 Å². The molecule has 2 atom stereocenters. The van der Waals surface area contributed by atoms with Gasteiger partial charge in [-0.2, -0.15) is 0 Å². The summed E-state index contributed by atoms with van der Waals surface area (Å²) in [5, 5.41) is 0. The van der Waals surface area contributed by atoms with Gasteiger partial charge in [0.1, 0.15) is 6.10 Å². The Hall–Kier alpha value is -1.22. The van der Waals surface area contributed by atoms with E-state index in [-0.39, 0.29) is 6.10 Å². The molecule has 0 saturated carbocycles. The van der Waals surface area contributed by atoms with Gasteiger partial charge in [0, 0.05) is 6.42 Å². The first-order chi connectivity index (χ1) is 7.34. The van der Waals surface area contributed by atoms with Crippen LogP contribution in [0.3, 0.4) is 0 Å². The first-order valence-electron chi connectivity index (χ1n) is 5.39. The lowest BCUT2D eigenvalue weighted by molar-refractivity contribution is 0.297. The van der Waals surface area contributed by atoms with Crippen molar-refractivity contribution >= 4 is 0 Å². The SMILES string of the molecule is CC1OC1c1ccc2c(c1)OCCCO2. The highest BCUT2D eigenvalue weighted by atomic mass is 16.6. The fourth-order valence-corrected chi connectivity index (χ4v) is 1.89. The molecule has 3 heteroatoms. The number of hydrogen-bond donors (Lipinski definition) is 0. The Kier molecular flexibility index (Phi) is 2.06. The van der Waals surface area contributed by atoms with Crippen molar-refractivity contribution in [2.75, 3.05) is 13.2 Å². The number of benzene rings is 1. The van der Waals surface area contributed by atoms with Crippen LogP contribution in [0.5, 0.6) is 11.5 Å². The van der Waals surface area contributed by atoms with Crippen LogP contribution in [0, 0.1) is 0 Å². The second-order valence-electron chi connectivity index (χ2n) is 4.02. The molecule has 1 saturated heterocycles. The molecule has 0 bridgehead atoms. The smallest absolute Gasteiger partial charge is 0.161 e. The zero-order valence-corrected chi connectivity index (χ0v) is 8.73. The molecular formula is C12H14O3. The van der Waals surface area contributed by atoms with Crippen molar-refractivity contribution in [1.29, 1.82) is 0 Å². The van der Waals surface area contributed by atoms with E-state index in [1.165, 1.54) is 5.56 Å². The van der Waals surface area contributed by atoms with Crippen LogP contribution < -0.4 is 9.47 Å². The standard InChI is InChI=1S/C12H14O3/c1-8-12(15-8)9-3-4-10-11(7-9)14-6-2-5-13-10/h3-4,7-8,12H,2,5-6H2,1H3. The normalized spacial score (nSPS) is 28.3. The van der Waals surface area contributed by atoms with E-state index in [1.54, 1.807) is 0 Å². The van der Waals surface area contributed by atoms with Gasteiger partial charge in [0.05, 0.1) is 19.3 Å². The van der Waals surface area contributed by atoms with Gasteiger partial charge in [-0.25, -0.2) is 0 Å². The molecule has 2 unspecified atom stereocenters. The lowest BCUT2D eigenvalue weighted by atomic mass is 10.1. The number of epoxide rings is 1. The van der Waals surface area contributed by atoms with Crippen LogP contribution in [0.25, 0.3) is 0 Å². The van der Waals surface area contributed by atoms with Crippen molar-refractivity contribution in [1.82, 2.24) is 0 Å². The van der Waals surface area contributed by atoms with Crippen LogP contribution in [-0.4, -0.2) is 19.3 Å². The third kappa shape index (κ3) is 1.67. The zero-order chi connectivity index (χ0) is 10.3. The fourth-order valence-electron chi connectivity index (χ4n) is 1.89. The van der Waals surface area contributed by atoms with E-state index in [0.717, 1.165) is 31.1 Å². The van der Waals surface area contributed by atoms with E-state index in [9.17, 15) is 0 Å². The van der Waals surface area contributed by atoms with Crippen LogP contribution in [-0.2, 0) is 4.74 Å². The fraction of sp³-hybridized carbons (Fsp3) is 0.500. The first kappa shape index (κ1) is 9.04. The van der Waals surface area contributed by atoms with Gasteiger partial charge in [0.15, 0.2) is 11.5 Å². The predicted molar refractivity (Wildman–Crippen MR) is 55.3 cm³/mol. The third-order valence-corrected chi connectivity index (χ3v) is 2.81. The third-order valence-electron chi connectivity index (χ3n) is 2.81. The molecule has 0 N–H and O–H groups in total. The summed E-state index contributed by atoms with van der Waals surface area (Å²) in [6, 6.07) is 6.07. The van der Waals surface area contributed by atoms with E-state index < -0.39 is 0 Å². The topological polar surface area (TPSA) is 31.0 Å². The zero-order valence-electron chi connectivity index (χ0n) is 8.73. The van der Waals surface area contributed by atoms with Crippen LogP contribution in [0.2, 0.25) is 0 Å². The Balaban J connectivity index is 1.90. The Morgan fingerprint density at radius 3 is 2.60 bits per heavy atom. The van der Waals surface area contributed by atoms with E-state index in [0.29, 0.717) is 6.10 Å². The van der Waals surface area contributed by atoms with Crippen molar-refractivity contribution in [3.05, 3.63) is 23.8 Å². The molecule has 0 amide bonds. The quantitative estimate of drug-likeness (QED) is 0.661. The lowest BCUT2D eigenvalue weighted by Crippen LogP contribution is -1.97. The van der Waals surface area contributed by atoms with Gasteiger partial charge < -0.3 is 14.2 Å². The molecule has 0 spiro atoms. The van der Waals surface area contributed by atoms with E-state index >= 15 is 0 Å². The maximum absolute atomic E-state index is 5.62. The van der Waals surface area contributed by atoms with Gasteiger partial charge in [-0.1, -0.05) is 6.07 Å². The summed E-state index contributed by atoms with van der Waals surface area (Å²) in [6.45, 7) is 3.55. The number of fused-ring (bicyclic) bond motifs is 1. The molecule has 3 rings (SSSR count). The summed E-state index contributed by atoms with van der Waals surface area (Å²) in [4.78, 5) is 0. The largest absolute Gasteiger partial charge is 0.490 e. The molecule has 0 aliphatic carbocycles. The number of ether oxygens (including phenoxy) is 3. The minimum Gasteiger partial charge on any atom is -0.490 e. The van der Waals surface area contributed by atoms with E-state index in [4.69, 9.17) is 14.2 Å². The number of hydrogen-bond acceptors (Lipinski definition) is 3. The summed E-state index contributed by atoms with van der Waals surface area (Å²) < 4.78 is 16.6. The molecular weight excluding hydrogens is 192 g/mol. The average Bonchev–Trinajstić information content (AvgIpc) is 2.99. The van der Waals surface area contributed by atoms with Crippen LogP contribution in [0.4, 0.5) is 0 Å². The summed E-state index contributed by atoms with van der Waals surface area (Å²) >= 11 is 0. The van der Waals surface area contributed by atoms with E-state index in [2.05, 4.69) is 13.0 Å². The van der Waals surface area contributed by atoms with Crippen molar-refractivity contribution in [2.24, 2.45) is 0 Å². The summed E-state index contributed by atoms with van der Waals surface area (Å²) in [5.41, 5.74) is 1.19. The predicted octanol–water partition coefficient (Wildman–Crippen LogP) is 2.31. The molecule has 0 aromatic heterocycles. The minimum atomic E-state index is 0.252. The van der Waals surface area contributed by atoms with Crippen molar-refractivity contribution in [2.45, 2.75) is 25.6 Å². The second kappa shape index (κ2) is 3.42. The number of rotatable bonds is 1. The molecule has 0 radical (unpaired) electrons. The van der Waals surface area contributed by atoms with E-state index in [1.807, 2.05) is 12.1 Å². The van der Waals surface area contributed by atoms with Gasteiger partial charge >= 0.3 is 0 Å². The molecule has 3 nitrogen and oxygen atoms in total. The highest BCUT2D eigenvalue weighted by Crippen LogP contribution is 2.41. The van der Waals surface area contributed by atoms with Crippen molar-refractivity contribution in [3.63, 3.8) is 0 Å². The highest BCUT2D eigenvalue weighted by Gasteiger charge is 2.36. The molecule has 15 heavy (non-hydrogen) atoms. The van der Waals surface area contributed by atoms with Gasteiger partial charge in [-0.15, -0.1) is 0 Å². The minimum absolute atomic E-state index is 0.252. The van der Waals surface area contributed by atoms with Gasteiger partial charge in [0.25, 0.3) is 0 Å². The lowest BCUT2D eigenvalue weighted by Gasteiger charge is -2.07. The molecule has 1 aromatic carbocycles. The molecule has 2 aliphatic heterocycles. The Morgan fingerprint density at radius 1 is 1.13 bits per heavy atom. The van der Waals surface area contributed by atoms with Gasteiger partial charge in [-0.3, -0.25) is 0 Å². The van der Waals surface area contributed by atoms with Crippen LogP contribution >= 0.6 is 0 Å².